The molecule has 1 aromatic heterocycles. The van der Waals surface area contributed by atoms with Crippen molar-refractivity contribution in [1.82, 2.24) is 4.98 Å². The maximum Gasteiger partial charge on any atom is 0.143 e. The highest BCUT2D eigenvalue weighted by molar-refractivity contribution is 6.00. The topological polar surface area (TPSA) is 65.7 Å². The predicted molar refractivity (Wildman–Crippen MR) is 39.9 cm³/mol. The standard InChI is InChI=1S/C7H8N2O2/c1-5(9-11)6-2-3-8-4-7(6)10/h2-4,10-11H,1H3/b9-5+. The molecule has 0 aliphatic rings. The molecule has 0 spiro atoms. The van der Waals surface area contributed by atoms with Crippen molar-refractivity contribution in [2.24, 2.45) is 5.16 Å². The fourth-order valence-corrected chi connectivity index (χ4v) is 0.746. The summed E-state index contributed by atoms with van der Waals surface area (Å²) in [5.41, 5.74) is 0.854. The zero-order valence-corrected chi connectivity index (χ0v) is 6.02. The van der Waals surface area contributed by atoms with E-state index in [0.717, 1.165) is 0 Å². The summed E-state index contributed by atoms with van der Waals surface area (Å²) in [7, 11) is 0. The van der Waals surface area contributed by atoms with Crippen molar-refractivity contribution >= 4 is 5.71 Å². The first kappa shape index (κ1) is 7.53. The Bertz CT molecular complexity index is 284. The first-order valence-electron chi connectivity index (χ1n) is 3.07. The van der Waals surface area contributed by atoms with Gasteiger partial charge in [-0.1, -0.05) is 5.16 Å². The average molecular weight is 152 g/mol. The van der Waals surface area contributed by atoms with E-state index in [1.54, 1.807) is 13.0 Å². The van der Waals surface area contributed by atoms with Crippen LogP contribution in [0.15, 0.2) is 23.6 Å². The molecule has 4 heteroatoms. The lowest BCUT2D eigenvalue weighted by Gasteiger charge is -1.99. The van der Waals surface area contributed by atoms with Crippen molar-refractivity contribution in [2.75, 3.05) is 0 Å². The molecule has 0 saturated carbocycles. The summed E-state index contributed by atoms with van der Waals surface area (Å²) in [6.45, 7) is 1.59. The Kier molecular flexibility index (Phi) is 2.06. The Hall–Kier alpha value is -1.58. The Morgan fingerprint density at radius 2 is 2.36 bits per heavy atom. The van der Waals surface area contributed by atoms with E-state index >= 15 is 0 Å². The van der Waals surface area contributed by atoms with Gasteiger partial charge in [0.05, 0.1) is 11.9 Å². The predicted octanol–water partition coefficient (Wildman–Crippen LogP) is 0.985. The minimum atomic E-state index is 0.0165. The zero-order valence-electron chi connectivity index (χ0n) is 6.02. The maximum atomic E-state index is 9.16. The van der Waals surface area contributed by atoms with Gasteiger partial charge in [-0.25, -0.2) is 0 Å². The van der Waals surface area contributed by atoms with E-state index in [-0.39, 0.29) is 5.75 Å². The Labute approximate surface area is 63.8 Å². The van der Waals surface area contributed by atoms with Crippen LogP contribution in [0.25, 0.3) is 0 Å². The van der Waals surface area contributed by atoms with Crippen LogP contribution in [0.4, 0.5) is 0 Å². The minimum Gasteiger partial charge on any atom is -0.506 e. The van der Waals surface area contributed by atoms with Crippen molar-refractivity contribution in [2.45, 2.75) is 6.92 Å². The van der Waals surface area contributed by atoms with Gasteiger partial charge in [-0.3, -0.25) is 4.98 Å². The molecule has 0 amide bonds. The van der Waals surface area contributed by atoms with Crippen LogP contribution in [0.1, 0.15) is 12.5 Å². The van der Waals surface area contributed by atoms with E-state index < -0.39 is 0 Å². The normalized spacial score (nSPS) is 11.5. The first-order valence-corrected chi connectivity index (χ1v) is 3.07. The number of aromatic hydroxyl groups is 1. The number of aromatic nitrogens is 1. The summed E-state index contributed by atoms with van der Waals surface area (Å²) < 4.78 is 0. The Morgan fingerprint density at radius 1 is 1.64 bits per heavy atom. The molecule has 0 fully saturated rings. The molecule has 4 nitrogen and oxygen atoms in total. The number of hydrogen-bond donors (Lipinski definition) is 2. The molecule has 0 aromatic carbocycles. The molecule has 0 radical (unpaired) electrons. The van der Waals surface area contributed by atoms with Gasteiger partial charge in [0.2, 0.25) is 0 Å². The van der Waals surface area contributed by atoms with Crippen LogP contribution in [-0.2, 0) is 0 Å². The van der Waals surface area contributed by atoms with Crippen LogP contribution in [0.3, 0.4) is 0 Å². The van der Waals surface area contributed by atoms with Crippen LogP contribution in [0.2, 0.25) is 0 Å². The molecule has 0 unspecified atom stereocenters. The van der Waals surface area contributed by atoms with Crippen molar-refractivity contribution in [3.63, 3.8) is 0 Å². The third-order valence-corrected chi connectivity index (χ3v) is 1.34. The summed E-state index contributed by atoms with van der Waals surface area (Å²) in [6.07, 6.45) is 2.81. The molecule has 0 atom stereocenters. The highest BCUT2D eigenvalue weighted by atomic mass is 16.4. The molecule has 0 saturated heterocycles. The lowest BCUT2D eigenvalue weighted by molar-refractivity contribution is 0.318. The summed E-state index contributed by atoms with van der Waals surface area (Å²) >= 11 is 0. The lowest BCUT2D eigenvalue weighted by Crippen LogP contribution is -1.94. The summed E-state index contributed by atoms with van der Waals surface area (Å²) in [6, 6.07) is 1.57. The van der Waals surface area contributed by atoms with Crippen molar-refractivity contribution in [1.29, 1.82) is 0 Å². The molecule has 0 aliphatic carbocycles. The Morgan fingerprint density at radius 3 is 2.91 bits per heavy atom. The van der Waals surface area contributed by atoms with Crippen LogP contribution in [0, 0.1) is 0 Å². The van der Waals surface area contributed by atoms with Gasteiger partial charge in [0.15, 0.2) is 0 Å². The highest BCUT2D eigenvalue weighted by Gasteiger charge is 2.02. The van der Waals surface area contributed by atoms with Gasteiger partial charge in [0, 0.05) is 11.8 Å². The molecule has 1 aromatic rings. The van der Waals surface area contributed by atoms with Gasteiger partial charge >= 0.3 is 0 Å². The summed E-state index contributed by atoms with van der Waals surface area (Å²) in [5.74, 6) is 0.0165. The quantitative estimate of drug-likeness (QED) is 0.358. The first-order chi connectivity index (χ1) is 5.25. The second-order valence-electron chi connectivity index (χ2n) is 2.08. The van der Waals surface area contributed by atoms with Crippen molar-refractivity contribution in [3.8, 4) is 5.75 Å². The second kappa shape index (κ2) is 3.01. The zero-order chi connectivity index (χ0) is 8.27. The van der Waals surface area contributed by atoms with E-state index in [2.05, 4.69) is 10.1 Å². The molecule has 2 N–H and O–H groups in total. The maximum absolute atomic E-state index is 9.16. The number of pyridine rings is 1. The third kappa shape index (κ3) is 1.46. The number of hydrogen-bond acceptors (Lipinski definition) is 4. The average Bonchev–Trinajstić information content (AvgIpc) is 2.04. The minimum absolute atomic E-state index is 0.0165. The van der Waals surface area contributed by atoms with Crippen LogP contribution in [0.5, 0.6) is 5.75 Å². The molecule has 0 aliphatic heterocycles. The van der Waals surface area contributed by atoms with Crippen molar-refractivity contribution in [3.05, 3.63) is 24.0 Å². The fourth-order valence-electron chi connectivity index (χ4n) is 0.746. The molecular weight excluding hydrogens is 144 g/mol. The van der Waals surface area contributed by atoms with Gasteiger partial charge in [-0.2, -0.15) is 0 Å². The smallest absolute Gasteiger partial charge is 0.143 e. The highest BCUT2D eigenvalue weighted by Crippen LogP contribution is 2.14. The van der Waals surface area contributed by atoms with Gasteiger partial charge in [-0.15, -0.1) is 0 Å². The summed E-state index contributed by atoms with van der Waals surface area (Å²) in [4.78, 5) is 3.67. The van der Waals surface area contributed by atoms with Crippen LogP contribution < -0.4 is 0 Å². The second-order valence-corrected chi connectivity index (χ2v) is 2.08. The van der Waals surface area contributed by atoms with E-state index in [0.29, 0.717) is 11.3 Å². The van der Waals surface area contributed by atoms with Gasteiger partial charge < -0.3 is 10.3 Å². The molecule has 11 heavy (non-hydrogen) atoms. The van der Waals surface area contributed by atoms with E-state index in [1.807, 2.05) is 0 Å². The number of nitrogens with zero attached hydrogens (tertiary/aromatic N) is 2. The fraction of sp³-hybridized carbons (Fsp3) is 0.143. The molecular formula is C7H8N2O2. The monoisotopic (exact) mass is 152 g/mol. The van der Waals surface area contributed by atoms with Crippen LogP contribution in [-0.4, -0.2) is 21.0 Å². The van der Waals surface area contributed by atoms with Crippen LogP contribution >= 0.6 is 0 Å². The van der Waals surface area contributed by atoms with E-state index in [1.165, 1.54) is 12.4 Å². The van der Waals surface area contributed by atoms with Gasteiger partial charge in [0.25, 0.3) is 0 Å². The molecule has 1 rings (SSSR count). The van der Waals surface area contributed by atoms with Gasteiger partial charge in [0.1, 0.15) is 5.75 Å². The van der Waals surface area contributed by atoms with Crippen molar-refractivity contribution < 1.29 is 10.3 Å². The largest absolute Gasteiger partial charge is 0.506 e. The SMILES string of the molecule is C/C(=N\O)c1ccncc1O. The third-order valence-electron chi connectivity index (χ3n) is 1.34. The summed E-state index contributed by atoms with van der Waals surface area (Å²) in [5, 5.41) is 20.5. The molecule has 0 bridgehead atoms. The Balaban J connectivity index is 3.14. The lowest BCUT2D eigenvalue weighted by atomic mass is 10.2. The van der Waals surface area contributed by atoms with E-state index in [4.69, 9.17) is 10.3 Å². The number of oxime groups is 1. The number of rotatable bonds is 1. The molecule has 1 heterocycles. The van der Waals surface area contributed by atoms with E-state index in [9.17, 15) is 0 Å². The molecule has 58 valence electrons. The van der Waals surface area contributed by atoms with Gasteiger partial charge in [-0.05, 0) is 13.0 Å².